The predicted octanol–water partition coefficient (Wildman–Crippen LogP) is 4.85. The molecule has 2 N–H and O–H groups in total. The number of rotatable bonds is 7. The molecule has 0 bridgehead atoms. The SMILES string of the molecule is Cc1ccc(N2N=C(C(C)(C)C)CC2NC(=O)NCc2ccccc2Oc2cc(N3CCOCC3)ncn2)cc1. The summed E-state index contributed by atoms with van der Waals surface area (Å²) in [5.74, 6) is 1.87. The highest BCUT2D eigenvalue weighted by atomic mass is 16.5. The molecular weight excluding hydrogens is 506 g/mol. The van der Waals surface area contributed by atoms with E-state index in [2.05, 4.69) is 65.3 Å². The lowest BCUT2D eigenvalue weighted by Gasteiger charge is -2.27. The zero-order chi connectivity index (χ0) is 28.1. The quantitative estimate of drug-likeness (QED) is 0.439. The first-order chi connectivity index (χ1) is 19.3. The van der Waals surface area contributed by atoms with Gasteiger partial charge in [-0.2, -0.15) is 5.10 Å². The molecule has 2 amide bonds. The van der Waals surface area contributed by atoms with Crippen LogP contribution in [0.5, 0.6) is 11.6 Å². The number of benzene rings is 2. The van der Waals surface area contributed by atoms with Gasteiger partial charge in [0, 0.05) is 48.8 Å². The van der Waals surface area contributed by atoms with Crippen molar-refractivity contribution in [1.29, 1.82) is 0 Å². The fraction of sp³-hybridized carbons (Fsp3) is 0.400. The minimum atomic E-state index is -0.289. The van der Waals surface area contributed by atoms with Gasteiger partial charge in [0.25, 0.3) is 0 Å². The van der Waals surface area contributed by atoms with Crippen LogP contribution in [0.3, 0.4) is 0 Å². The lowest BCUT2D eigenvalue weighted by molar-refractivity contribution is 0.122. The predicted molar refractivity (Wildman–Crippen MR) is 156 cm³/mol. The van der Waals surface area contributed by atoms with Gasteiger partial charge in [-0.25, -0.2) is 19.8 Å². The smallest absolute Gasteiger partial charge is 0.316 e. The number of amides is 2. The van der Waals surface area contributed by atoms with Gasteiger partial charge in [0.05, 0.1) is 18.9 Å². The highest BCUT2D eigenvalue weighted by Crippen LogP contribution is 2.31. The third-order valence-electron chi connectivity index (χ3n) is 6.96. The molecule has 0 radical (unpaired) electrons. The summed E-state index contributed by atoms with van der Waals surface area (Å²) in [6, 6.07) is 17.3. The van der Waals surface area contributed by atoms with Crippen LogP contribution in [0.1, 0.15) is 38.3 Å². The molecule has 0 aliphatic carbocycles. The molecule has 10 nitrogen and oxygen atoms in total. The van der Waals surface area contributed by atoms with E-state index in [0.717, 1.165) is 35.9 Å². The van der Waals surface area contributed by atoms with E-state index in [0.29, 0.717) is 31.3 Å². The number of aryl methyl sites for hydroxylation is 1. The number of ether oxygens (including phenoxy) is 2. The van der Waals surface area contributed by atoms with E-state index in [4.69, 9.17) is 14.6 Å². The molecule has 2 aromatic carbocycles. The molecule has 2 aliphatic rings. The van der Waals surface area contributed by atoms with Gasteiger partial charge in [0.15, 0.2) is 0 Å². The van der Waals surface area contributed by atoms with E-state index in [1.54, 1.807) is 0 Å². The number of para-hydroxylation sites is 1. The maximum absolute atomic E-state index is 13.1. The van der Waals surface area contributed by atoms with Crippen molar-refractivity contribution in [2.24, 2.45) is 10.5 Å². The second-order valence-corrected chi connectivity index (χ2v) is 11.0. The molecule has 10 heteroatoms. The summed E-state index contributed by atoms with van der Waals surface area (Å²) in [7, 11) is 0. The molecule has 5 rings (SSSR count). The van der Waals surface area contributed by atoms with Gasteiger partial charge < -0.3 is 25.0 Å². The highest BCUT2D eigenvalue weighted by Gasteiger charge is 2.34. The Labute approximate surface area is 235 Å². The summed E-state index contributed by atoms with van der Waals surface area (Å²) in [6.45, 7) is 11.6. The summed E-state index contributed by atoms with van der Waals surface area (Å²) in [5.41, 5.74) is 3.88. The molecule has 1 atom stereocenters. The summed E-state index contributed by atoms with van der Waals surface area (Å²) in [5, 5.41) is 12.9. The average Bonchev–Trinajstić information content (AvgIpc) is 3.38. The van der Waals surface area contributed by atoms with Crippen LogP contribution in [-0.2, 0) is 11.3 Å². The van der Waals surface area contributed by atoms with Gasteiger partial charge in [-0.1, -0.05) is 56.7 Å². The number of aromatic nitrogens is 2. The molecule has 0 spiro atoms. The maximum atomic E-state index is 13.1. The van der Waals surface area contributed by atoms with Crippen molar-refractivity contribution in [3.05, 3.63) is 72.1 Å². The number of carbonyl (C=O) groups is 1. The average molecular weight is 544 g/mol. The van der Waals surface area contributed by atoms with Crippen LogP contribution in [0.4, 0.5) is 16.3 Å². The van der Waals surface area contributed by atoms with Gasteiger partial charge in [-0.05, 0) is 25.1 Å². The number of hydrazone groups is 1. The molecule has 3 aromatic rings. The minimum Gasteiger partial charge on any atom is -0.438 e. The van der Waals surface area contributed by atoms with Crippen molar-refractivity contribution >= 4 is 23.2 Å². The lowest BCUT2D eigenvalue weighted by Crippen LogP contribution is -2.48. The van der Waals surface area contributed by atoms with Crippen LogP contribution < -0.4 is 25.3 Å². The molecule has 2 aliphatic heterocycles. The molecule has 1 fully saturated rings. The third-order valence-corrected chi connectivity index (χ3v) is 6.96. The Kier molecular flexibility index (Phi) is 8.16. The van der Waals surface area contributed by atoms with E-state index in [9.17, 15) is 4.79 Å². The standard InChI is InChI=1S/C30H37N7O3/c1-21-9-11-23(12-10-21)37-27(17-25(35-37)30(2,3)4)34-29(38)31-19-22-7-5-6-8-24(22)40-28-18-26(32-20-33-28)36-13-15-39-16-14-36/h5-12,18,20,27H,13-17,19H2,1-4H3,(H2,31,34,38). The molecule has 0 saturated carbocycles. The molecule has 1 unspecified atom stereocenters. The lowest BCUT2D eigenvalue weighted by atomic mass is 9.88. The number of urea groups is 1. The van der Waals surface area contributed by atoms with Crippen molar-refractivity contribution in [3.8, 4) is 11.6 Å². The van der Waals surface area contributed by atoms with Gasteiger partial charge in [-0.3, -0.25) is 0 Å². The zero-order valence-electron chi connectivity index (χ0n) is 23.6. The van der Waals surface area contributed by atoms with Crippen LogP contribution >= 0.6 is 0 Å². The summed E-state index contributed by atoms with van der Waals surface area (Å²) in [6.07, 6.45) is 1.86. The van der Waals surface area contributed by atoms with Crippen molar-refractivity contribution in [3.63, 3.8) is 0 Å². The number of hydrogen-bond acceptors (Lipinski definition) is 8. The fourth-order valence-corrected chi connectivity index (χ4v) is 4.60. The minimum absolute atomic E-state index is 0.102. The Bertz CT molecular complexity index is 1350. The normalized spacial score (nSPS) is 17.4. The van der Waals surface area contributed by atoms with Gasteiger partial charge >= 0.3 is 6.03 Å². The first-order valence-electron chi connectivity index (χ1n) is 13.6. The molecule has 40 heavy (non-hydrogen) atoms. The molecule has 210 valence electrons. The summed E-state index contributed by atoms with van der Waals surface area (Å²) < 4.78 is 11.6. The Morgan fingerprint density at radius 1 is 1.07 bits per heavy atom. The largest absolute Gasteiger partial charge is 0.438 e. The number of anilines is 2. The summed E-state index contributed by atoms with van der Waals surface area (Å²) in [4.78, 5) is 23.9. The van der Waals surface area contributed by atoms with Gasteiger partial charge in [-0.15, -0.1) is 0 Å². The van der Waals surface area contributed by atoms with Gasteiger partial charge in [0.2, 0.25) is 5.88 Å². The van der Waals surface area contributed by atoms with Crippen LogP contribution in [0.15, 0.2) is 66.0 Å². The Morgan fingerprint density at radius 2 is 1.82 bits per heavy atom. The molecule has 1 aromatic heterocycles. The van der Waals surface area contributed by atoms with Crippen LogP contribution in [0.2, 0.25) is 0 Å². The first kappa shape index (κ1) is 27.4. The van der Waals surface area contributed by atoms with E-state index >= 15 is 0 Å². The van der Waals surface area contributed by atoms with Crippen molar-refractivity contribution in [2.75, 3.05) is 36.2 Å². The Balaban J connectivity index is 1.23. The van der Waals surface area contributed by atoms with Crippen LogP contribution in [0.25, 0.3) is 0 Å². The topological polar surface area (TPSA) is 104 Å². The van der Waals surface area contributed by atoms with Gasteiger partial charge in [0.1, 0.15) is 24.1 Å². The Hall–Kier alpha value is -4.18. The van der Waals surface area contributed by atoms with E-state index in [1.165, 1.54) is 11.9 Å². The van der Waals surface area contributed by atoms with Crippen LogP contribution in [-0.4, -0.2) is 54.2 Å². The number of morpholine rings is 1. The maximum Gasteiger partial charge on any atom is 0.316 e. The van der Waals surface area contributed by atoms with Crippen molar-refractivity contribution < 1.29 is 14.3 Å². The number of carbonyl (C=O) groups excluding carboxylic acids is 1. The second-order valence-electron chi connectivity index (χ2n) is 11.0. The first-order valence-corrected chi connectivity index (χ1v) is 13.6. The third kappa shape index (κ3) is 6.69. The monoisotopic (exact) mass is 543 g/mol. The summed E-state index contributed by atoms with van der Waals surface area (Å²) >= 11 is 0. The fourth-order valence-electron chi connectivity index (χ4n) is 4.60. The van der Waals surface area contributed by atoms with Crippen molar-refractivity contribution in [2.45, 2.75) is 46.8 Å². The van der Waals surface area contributed by atoms with Crippen LogP contribution in [0, 0.1) is 12.3 Å². The number of nitrogens with zero attached hydrogens (tertiary/aromatic N) is 5. The van der Waals surface area contributed by atoms with E-state index in [1.807, 2.05) is 47.5 Å². The zero-order valence-corrected chi connectivity index (χ0v) is 23.6. The molecular formula is C30H37N7O3. The number of hydrogen-bond donors (Lipinski definition) is 2. The molecule has 1 saturated heterocycles. The molecule has 3 heterocycles. The Morgan fingerprint density at radius 3 is 2.58 bits per heavy atom. The second kappa shape index (κ2) is 11.9. The van der Waals surface area contributed by atoms with E-state index in [-0.39, 0.29) is 24.2 Å². The highest BCUT2D eigenvalue weighted by molar-refractivity contribution is 5.93. The van der Waals surface area contributed by atoms with Crippen molar-refractivity contribution in [1.82, 2.24) is 20.6 Å². The number of nitrogens with one attached hydrogen (secondary N) is 2. The van der Waals surface area contributed by atoms with E-state index < -0.39 is 0 Å².